The lowest BCUT2D eigenvalue weighted by molar-refractivity contribution is -0.735. The van der Waals surface area contributed by atoms with E-state index in [1.54, 1.807) is 0 Å². The molecule has 4 heteroatoms. The molecule has 8 aromatic carbocycles. The lowest BCUT2D eigenvalue weighted by Gasteiger charge is -2.14. The van der Waals surface area contributed by atoms with E-state index in [2.05, 4.69) is 188 Å². The topological polar surface area (TPSA) is 35.9 Å². The van der Waals surface area contributed by atoms with E-state index in [0.717, 1.165) is 33.0 Å². The predicted molar refractivity (Wildman–Crippen MR) is 215 cm³/mol. The van der Waals surface area contributed by atoms with Crippen LogP contribution in [0.4, 0.5) is 34.4 Å². The van der Waals surface area contributed by atoms with E-state index >= 15 is 0 Å². The molecule has 2 unspecified atom stereocenters. The van der Waals surface area contributed by atoms with Gasteiger partial charge in [0.1, 0.15) is 22.8 Å². The molecule has 11 rings (SSSR count). The van der Waals surface area contributed by atoms with Crippen molar-refractivity contribution in [3.8, 4) is 44.6 Å². The number of rotatable bonds is 4. The zero-order valence-electron chi connectivity index (χ0n) is 29.2. The molecule has 3 heterocycles. The summed E-state index contributed by atoms with van der Waals surface area (Å²) in [5.74, 6) is 0.876. The highest BCUT2D eigenvalue weighted by molar-refractivity contribution is 6.06. The first-order chi connectivity index (χ1) is 26.2. The largest absolute Gasteiger partial charge is 0.504 e. The number of H-pyrrole nitrogens is 1. The van der Waals surface area contributed by atoms with Crippen molar-refractivity contribution >= 4 is 56.1 Å². The Hall–Kier alpha value is -6.72. The standard InChI is InChI=1S/C49H32N4/c1-31-20-24-42-40(28-31)48(33-13-4-2-5-14-33)51-49(50-42)53-45-26-23-35(30-41(45)47-37-17-9-8-12-32(37)21-27-46(47)53)34-22-25-44-39(29-34)38-18-10-11-19-43(38)52(44)36-15-6-3-7-16-36/h2-30H,1H3/p+3. The first-order valence-electron chi connectivity index (χ1n) is 18.3. The predicted octanol–water partition coefficient (Wildman–Crippen LogP) is 10.2. The van der Waals surface area contributed by atoms with Crippen molar-refractivity contribution in [2.75, 3.05) is 0 Å². The number of fused-ring (bicyclic) bond motifs is 9. The van der Waals surface area contributed by atoms with Gasteiger partial charge in [0.15, 0.2) is 16.9 Å². The molecule has 0 radical (unpaired) electrons. The average molecular weight is 680 g/mol. The summed E-state index contributed by atoms with van der Waals surface area (Å²) >= 11 is 0. The molecule has 0 amide bonds. The summed E-state index contributed by atoms with van der Waals surface area (Å²) in [5.41, 5.74) is 18.1. The van der Waals surface area contributed by atoms with Crippen LogP contribution in [0.2, 0.25) is 0 Å². The van der Waals surface area contributed by atoms with Gasteiger partial charge in [-0.1, -0.05) is 96.6 Å². The SMILES string of the molecule is Cc1ccc2nc([NH+]3c4ccc(-c5ccc6c(c5)-c5ccccc5[NH+]6c5ccccc5)cc4-c4c3ccc3ccccc43)[nH+]c(-c3ccccc3)c2c1. The van der Waals surface area contributed by atoms with Gasteiger partial charge < -0.3 is 0 Å². The zero-order valence-corrected chi connectivity index (χ0v) is 29.2. The highest BCUT2D eigenvalue weighted by Crippen LogP contribution is 2.46. The Morgan fingerprint density at radius 2 is 1.11 bits per heavy atom. The lowest BCUT2D eigenvalue weighted by Crippen LogP contribution is -2.97. The summed E-state index contributed by atoms with van der Waals surface area (Å²) in [7, 11) is 0. The number of para-hydroxylation sites is 2. The highest BCUT2D eigenvalue weighted by Gasteiger charge is 2.41. The van der Waals surface area contributed by atoms with Gasteiger partial charge in [-0.05, 0) is 89.5 Å². The van der Waals surface area contributed by atoms with E-state index in [0.29, 0.717) is 0 Å². The van der Waals surface area contributed by atoms with Crippen LogP contribution in [0.3, 0.4) is 0 Å². The molecule has 2 atom stereocenters. The van der Waals surface area contributed by atoms with Crippen molar-refractivity contribution in [1.82, 2.24) is 4.98 Å². The minimum absolute atomic E-state index is 0.876. The van der Waals surface area contributed by atoms with Crippen molar-refractivity contribution in [3.63, 3.8) is 0 Å². The van der Waals surface area contributed by atoms with E-state index < -0.39 is 0 Å². The minimum Gasteiger partial charge on any atom is -0.237 e. The Bertz CT molecular complexity index is 2920. The van der Waals surface area contributed by atoms with Crippen molar-refractivity contribution < 1.29 is 14.8 Å². The number of benzene rings is 8. The second kappa shape index (κ2) is 11.7. The third-order valence-corrected chi connectivity index (χ3v) is 11.1. The van der Waals surface area contributed by atoms with E-state index in [1.807, 2.05) is 0 Å². The van der Waals surface area contributed by atoms with Crippen molar-refractivity contribution in [2.45, 2.75) is 6.92 Å². The van der Waals surface area contributed by atoms with E-state index in [4.69, 9.17) is 4.98 Å². The second-order valence-electron chi connectivity index (χ2n) is 14.2. The maximum absolute atomic E-state index is 5.34. The molecule has 0 saturated carbocycles. The molecule has 0 fully saturated rings. The molecule has 0 aliphatic carbocycles. The number of nitrogens with zero attached hydrogens (tertiary/aromatic N) is 1. The second-order valence-corrected chi connectivity index (χ2v) is 14.2. The fourth-order valence-electron chi connectivity index (χ4n) is 8.71. The fourth-order valence-corrected chi connectivity index (χ4v) is 8.71. The summed E-state index contributed by atoms with van der Waals surface area (Å²) in [4.78, 5) is 11.6. The molecular formula is C49H35N4+3. The Kier molecular flexibility index (Phi) is 6.59. The molecule has 53 heavy (non-hydrogen) atoms. The number of aromatic nitrogens is 2. The molecule has 0 spiro atoms. The van der Waals surface area contributed by atoms with Crippen LogP contribution in [0.5, 0.6) is 0 Å². The summed E-state index contributed by atoms with van der Waals surface area (Å²) < 4.78 is 0. The van der Waals surface area contributed by atoms with Gasteiger partial charge in [0, 0.05) is 40.4 Å². The minimum atomic E-state index is 0.876. The van der Waals surface area contributed by atoms with Gasteiger partial charge in [-0.25, -0.2) is 4.90 Å². The normalized spacial score (nSPS) is 15.3. The van der Waals surface area contributed by atoms with Crippen LogP contribution in [-0.4, -0.2) is 4.98 Å². The maximum Gasteiger partial charge on any atom is 0.504 e. The summed E-state index contributed by atoms with van der Waals surface area (Å²) in [6.45, 7) is 2.14. The molecule has 0 bridgehead atoms. The fraction of sp³-hybridized carbons (Fsp3) is 0.0204. The molecule has 4 nitrogen and oxygen atoms in total. The van der Waals surface area contributed by atoms with E-state index in [9.17, 15) is 0 Å². The third-order valence-electron chi connectivity index (χ3n) is 11.1. The molecule has 1 aromatic heterocycles. The summed E-state index contributed by atoms with van der Waals surface area (Å²) in [5, 5.41) is 3.61. The average Bonchev–Trinajstić information content (AvgIpc) is 3.73. The van der Waals surface area contributed by atoms with Crippen molar-refractivity contribution in [3.05, 3.63) is 181 Å². The smallest absolute Gasteiger partial charge is 0.237 e. The Morgan fingerprint density at radius 1 is 0.453 bits per heavy atom. The van der Waals surface area contributed by atoms with Gasteiger partial charge in [-0.2, -0.15) is 9.88 Å². The molecular weight excluding hydrogens is 645 g/mol. The van der Waals surface area contributed by atoms with Gasteiger partial charge in [0.2, 0.25) is 0 Å². The Labute approximate surface area is 307 Å². The van der Waals surface area contributed by atoms with Gasteiger partial charge in [0.25, 0.3) is 0 Å². The van der Waals surface area contributed by atoms with Gasteiger partial charge in [-0.3, -0.25) is 0 Å². The Balaban J connectivity index is 1.10. The third kappa shape index (κ3) is 4.63. The summed E-state index contributed by atoms with van der Waals surface area (Å²) in [6, 6.07) is 64.1. The monoisotopic (exact) mass is 679 g/mol. The number of hydrogen-bond acceptors (Lipinski definition) is 1. The van der Waals surface area contributed by atoms with E-state index in [-0.39, 0.29) is 0 Å². The number of aromatic amines is 1. The van der Waals surface area contributed by atoms with Crippen molar-refractivity contribution in [2.24, 2.45) is 0 Å². The first kappa shape index (κ1) is 30.0. The van der Waals surface area contributed by atoms with Crippen LogP contribution < -0.4 is 14.8 Å². The van der Waals surface area contributed by atoms with Crippen LogP contribution in [0.25, 0.3) is 66.3 Å². The van der Waals surface area contributed by atoms with Crippen LogP contribution in [0.15, 0.2) is 176 Å². The molecule has 2 aliphatic rings. The van der Waals surface area contributed by atoms with Gasteiger partial charge in [-0.15, -0.1) is 0 Å². The molecule has 9 aromatic rings. The lowest BCUT2D eigenvalue weighted by atomic mass is 9.94. The quantitative estimate of drug-likeness (QED) is 0.191. The zero-order chi connectivity index (χ0) is 35.0. The van der Waals surface area contributed by atoms with Crippen LogP contribution in [0, 0.1) is 6.92 Å². The first-order valence-corrected chi connectivity index (χ1v) is 18.3. The Morgan fingerprint density at radius 3 is 1.94 bits per heavy atom. The van der Waals surface area contributed by atoms with Crippen LogP contribution >= 0.6 is 0 Å². The highest BCUT2D eigenvalue weighted by atomic mass is 15.3. The molecule has 248 valence electrons. The van der Waals surface area contributed by atoms with Crippen molar-refractivity contribution in [1.29, 1.82) is 0 Å². The maximum atomic E-state index is 5.34. The van der Waals surface area contributed by atoms with Crippen LogP contribution in [-0.2, 0) is 0 Å². The summed E-state index contributed by atoms with van der Waals surface area (Å²) in [6.07, 6.45) is 0. The number of hydrogen-bond donors (Lipinski definition) is 2. The molecule has 2 aliphatic heterocycles. The number of quaternary nitrogens is 2. The molecule has 0 saturated heterocycles. The van der Waals surface area contributed by atoms with Gasteiger partial charge in [0.05, 0.1) is 22.1 Å². The van der Waals surface area contributed by atoms with Crippen LogP contribution in [0.1, 0.15) is 5.56 Å². The number of nitrogens with one attached hydrogen (secondary N) is 3. The number of aryl methyl sites for hydroxylation is 1. The van der Waals surface area contributed by atoms with Gasteiger partial charge >= 0.3 is 5.95 Å². The molecule has 3 N–H and O–H groups in total. The van der Waals surface area contributed by atoms with E-state index in [1.165, 1.54) is 83.1 Å².